The fourth-order valence-electron chi connectivity index (χ4n) is 1.72. The van der Waals surface area contributed by atoms with Crippen molar-refractivity contribution in [2.24, 2.45) is 11.8 Å². The first-order chi connectivity index (χ1) is 7.04. The van der Waals surface area contributed by atoms with Gasteiger partial charge in [0.25, 0.3) is 0 Å². The van der Waals surface area contributed by atoms with Gasteiger partial charge in [0.2, 0.25) is 0 Å². The highest BCUT2D eigenvalue weighted by Crippen LogP contribution is 2.21. The van der Waals surface area contributed by atoms with E-state index in [0.29, 0.717) is 6.42 Å². The molecular weight excluding hydrogens is 192 g/mol. The zero-order chi connectivity index (χ0) is 11.8. The molecule has 0 spiro atoms. The summed E-state index contributed by atoms with van der Waals surface area (Å²) in [7, 11) is 0. The first-order valence-electron chi connectivity index (χ1n) is 6.01. The largest absolute Gasteiger partial charge is 0.396 e. The molecule has 0 radical (unpaired) electrons. The molecule has 4 atom stereocenters. The van der Waals surface area contributed by atoms with Crippen LogP contribution in [0.5, 0.6) is 0 Å². The molecule has 0 saturated heterocycles. The fraction of sp³-hybridized carbons (Fsp3) is 1.00. The van der Waals surface area contributed by atoms with Gasteiger partial charge in [-0.15, -0.1) is 0 Å². The van der Waals surface area contributed by atoms with Crippen molar-refractivity contribution in [3.8, 4) is 0 Å². The van der Waals surface area contributed by atoms with Gasteiger partial charge in [0.1, 0.15) is 0 Å². The van der Waals surface area contributed by atoms with Crippen LogP contribution in [0.4, 0.5) is 0 Å². The highest BCUT2D eigenvalue weighted by atomic mass is 16.3. The molecule has 0 fully saturated rings. The van der Waals surface area contributed by atoms with Crippen LogP contribution in [-0.2, 0) is 0 Å². The fourth-order valence-corrected chi connectivity index (χ4v) is 1.72. The van der Waals surface area contributed by atoms with Crippen molar-refractivity contribution in [3.05, 3.63) is 0 Å². The van der Waals surface area contributed by atoms with E-state index >= 15 is 0 Å². The van der Waals surface area contributed by atoms with Crippen molar-refractivity contribution in [2.75, 3.05) is 6.61 Å². The number of unbranched alkanes of at least 4 members (excludes halogenated alkanes) is 1. The summed E-state index contributed by atoms with van der Waals surface area (Å²) in [5, 5.41) is 28.3. The Bertz CT molecular complexity index is 150. The molecule has 0 amide bonds. The normalized spacial score (nSPS) is 19.6. The van der Waals surface area contributed by atoms with E-state index in [4.69, 9.17) is 5.11 Å². The van der Waals surface area contributed by atoms with Crippen LogP contribution in [0.3, 0.4) is 0 Å². The van der Waals surface area contributed by atoms with Crippen LogP contribution in [0.1, 0.15) is 46.5 Å². The average molecular weight is 218 g/mol. The summed E-state index contributed by atoms with van der Waals surface area (Å²) in [6, 6.07) is 0. The van der Waals surface area contributed by atoms with Crippen LogP contribution in [0.15, 0.2) is 0 Å². The monoisotopic (exact) mass is 218 g/mol. The third kappa shape index (κ3) is 5.50. The second kappa shape index (κ2) is 8.08. The Morgan fingerprint density at radius 3 is 2.13 bits per heavy atom. The summed E-state index contributed by atoms with van der Waals surface area (Å²) in [5.41, 5.74) is 0. The summed E-state index contributed by atoms with van der Waals surface area (Å²) in [4.78, 5) is 0. The van der Waals surface area contributed by atoms with Crippen LogP contribution in [0, 0.1) is 11.8 Å². The molecule has 92 valence electrons. The maximum atomic E-state index is 9.90. The topological polar surface area (TPSA) is 60.7 Å². The van der Waals surface area contributed by atoms with Crippen LogP contribution in [0.2, 0.25) is 0 Å². The van der Waals surface area contributed by atoms with E-state index in [2.05, 4.69) is 0 Å². The molecule has 0 aliphatic carbocycles. The van der Waals surface area contributed by atoms with Gasteiger partial charge in [-0.2, -0.15) is 0 Å². The molecule has 0 unspecified atom stereocenters. The molecule has 3 N–H and O–H groups in total. The lowest BCUT2D eigenvalue weighted by molar-refractivity contribution is -0.0111. The van der Waals surface area contributed by atoms with E-state index in [9.17, 15) is 10.2 Å². The quantitative estimate of drug-likeness (QED) is 0.542. The summed E-state index contributed by atoms with van der Waals surface area (Å²) in [6.45, 7) is 6.11. The zero-order valence-corrected chi connectivity index (χ0v) is 10.2. The van der Waals surface area contributed by atoms with Crippen molar-refractivity contribution in [3.63, 3.8) is 0 Å². The van der Waals surface area contributed by atoms with Gasteiger partial charge in [-0.3, -0.25) is 0 Å². The Labute approximate surface area is 93.1 Å². The molecule has 0 bridgehead atoms. The van der Waals surface area contributed by atoms with Crippen LogP contribution in [0.25, 0.3) is 0 Å². The van der Waals surface area contributed by atoms with Gasteiger partial charge in [0.05, 0.1) is 12.2 Å². The van der Waals surface area contributed by atoms with Gasteiger partial charge >= 0.3 is 0 Å². The molecule has 0 aliphatic heterocycles. The van der Waals surface area contributed by atoms with E-state index in [1.807, 2.05) is 20.8 Å². The third-order valence-electron chi connectivity index (χ3n) is 3.28. The molecule has 0 rings (SSSR count). The van der Waals surface area contributed by atoms with Gasteiger partial charge in [-0.25, -0.2) is 0 Å². The van der Waals surface area contributed by atoms with Gasteiger partial charge in [0, 0.05) is 12.5 Å². The number of aliphatic hydroxyl groups is 3. The lowest BCUT2D eigenvalue weighted by atomic mass is 9.86. The van der Waals surface area contributed by atoms with E-state index in [-0.39, 0.29) is 18.4 Å². The minimum absolute atomic E-state index is 0.0846. The molecule has 15 heavy (non-hydrogen) atoms. The minimum atomic E-state index is -0.458. The first kappa shape index (κ1) is 14.9. The maximum absolute atomic E-state index is 9.90. The SMILES string of the molecule is CC[C@@H](C)[C@@H](O)[C@H](C)[C@H](O)CCCCO. The highest BCUT2D eigenvalue weighted by molar-refractivity contribution is 4.75. The van der Waals surface area contributed by atoms with E-state index in [1.165, 1.54) is 0 Å². The Balaban J connectivity index is 3.90. The van der Waals surface area contributed by atoms with Crippen molar-refractivity contribution >= 4 is 0 Å². The highest BCUT2D eigenvalue weighted by Gasteiger charge is 2.25. The van der Waals surface area contributed by atoms with Crippen molar-refractivity contribution in [1.82, 2.24) is 0 Å². The van der Waals surface area contributed by atoms with E-state index in [1.54, 1.807) is 0 Å². The van der Waals surface area contributed by atoms with Crippen molar-refractivity contribution in [1.29, 1.82) is 0 Å². The third-order valence-corrected chi connectivity index (χ3v) is 3.28. The Kier molecular flexibility index (Phi) is 8.02. The minimum Gasteiger partial charge on any atom is -0.396 e. The first-order valence-corrected chi connectivity index (χ1v) is 6.01. The lowest BCUT2D eigenvalue weighted by Gasteiger charge is -2.28. The predicted octanol–water partition coefficient (Wildman–Crippen LogP) is 1.55. The van der Waals surface area contributed by atoms with E-state index in [0.717, 1.165) is 19.3 Å². The van der Waals surface area contributed by atoms with Crippen LogP contribution in [-0.4, -0.2) is 34.1 Å². The summed E-state index contributed by atoms with van der Waals surface area (Å²) in [6.07, 6.45) is 2.24. The molecule has 0 saturated carbocycles. The Morgan fingerprint density at radius 2 is 1.67 bits per heavy atom. The number of rotatable bonds is 8. The van der Waals surface area contributed by atoms with Gasteiger partial charge in [-0.05, 0) is 25.2 Å². The standard InChI is InChI=1S/C12H26O3/c1-4-9(2)12(15)10(3)11(14)7-5-6-8-13/h9-15H,4-8H2,1-3H3/t9-,10-,11-,12-/m1/s1. The molecule has 0 aromatic rings. The second-order valence-electron chi connectivity index (χ2n) is 4.52. The molecule has 0 heterocycles. The summed E-state index contributed by atoms with van der Waals surface area (Å²) in [5.74, 6) is 0.145. The van der Waals surface area contributed by atoms with Gasteiger partial charge < -0.3 is 15.3 Å². The molecule has 0 aromatic heterocycles. The Morgan fingerprint density at radius 1 is 1.07 bits per heavy atom. The van der Waals surface area contributed by atoms with Crippen molar-refractivity contribution in [2.45, 2.75) is 58.7 Å². The maximum Gasteiger partial charge on any atom is 0.0615 e. The van der Waals surface area contributed by atoms with E-state index < -0.39 is 12.2 Å². The van der Waals surface area contributed by atoms with Gasteiger partial charge in [0.15, 0.2) is 0 Å². The van der Waals surface area contributed by atoms with Crippen LogP contribution >= 0.6 is 0 Å². The van der Waals surface area contributed by atoms with Crippen LogP contribution < -0.4 is 0 Å². The predicted molar refractivity (Wildman–Crippen MR) is 61.6 cm³/mol. The molecule has 0 aliphatic rings. The Hall–Kier alpha value is -0.120. The number of hydrogen-bond acceptors (Lipinski definition) is 3. The molecular formula is C12H26O3. The lowest BCUT2D eigenvalue weighted by Crippen LogP contribution is -2.33. The molecule has 3 heteroatoms. The summed E-state index contributed by atoms with van der Waals surface area (Å²) >= 11 is 0. The van der Waals surface area contributed by atoms with Crippen molar-refractivity contribution < 1.29 is 15.3 Å². The average Bonchev–Trinajstić information content (AvgIpc) is 2.26. The smallest absolute Gasteiger partial charge is 0.0615 e. The molecule has 3 nitrogen and oxygen atoms in total. The summed E-state index contributed by atoms with van der Waals surface area (Å²) < 4.78 is 0. The number of hydrogen-bond donors (Lipinski definition) is 3. The second-order valence-corrected chi connectivity index (χ2v) is 4.52. The van der Waals surface area contributed by atoms with Gasteiger partial charge in [-0.1, -0.05) is 27.2 Å². The molecule has 0 aromatic carbocycles. The number of aliphatic hydroxyl groups excluding tert-OH is 3. The zero-order valence-electron chi connectivity index (χ0n) is 10.2.